The molecule has 4 N–H and O–H groups in total. The van der Waals surface area contributed by atoms with E-state index in [1.54, 1.807) is 0 Å². The number of carbonyl (C=O) groups is 1. The molecular formula is C18H26N5O3P. The van der Waals surface area contributed by atoms with Crippen LogP contribution in [-0.4, -0.2) is 39.8 Å². The summed E-state index contributed by atoms with van der Waals surface area (Å²) < 4.78 is 6.75. The highest BCUT2D eigenvalue weighted by atomic mass is 31.0. The molecule has 2 heterocycles. The summed E-state index contributed by atoms with van der Waals surface area (Å²) in [5, 5.41) is 6.53. The van der Waals surface area contributed by atoms with Gasteiger partial charge in [0, 0.05) is 25.2 Å². The third-order valence-electron chi connectivity index (χ3n) is 5.01. The Labute approximate surface area is 160 Å². The lowest BCUT2D eigenvalue weighted by atomic mass is 9.91. The third-order valence-corrected chi connectivity index (χ3v) is 5.52. The predicted molar refractivity (Wildman–Crippen MR) is 106 cm³/mol. The Morgan fingerprint density at radius 2 is 2.07 bits per heavy atom. The minimum atomic E-state index is -0.588. The maximum atomic E-state index is 12.2. The molecule has 2 aromatic rings. The average Bonchev–Trinajstić information content (AvgIpc) is 3.12. The van der Waals surface area contributed by atoms with Crippen molar-refractivity contribution in [2.45, 2.75) is 38.3 Å². The van der Waals surface area contributed by atoms with Crippen LogP contribution in [0.3, 0.4) is 0 Å². The second-order valence-electron chi connectivity index (χ2n) is 7.02. The molecule has 3 rings (SSSR count). The Kier molecular flexibility index (Phi) is 6.77. The van der Waals surface area contributed by atoms with Crippen LogP contribution >= 0.6 is 9.39 Å². The summed E-state index contributed by atoms with van der Waals surface area (Å²) in [6.45, 7) is 2.59. The van der Waals surface area contributed by atoms with Crippen LogP contribution in [0.4, 0.5) is 0 Å². The summed E-state index contributed by atoms with van der Waals surface area (Å²) in [5.74, 6) is 0.333. The number of nitrogens with zero attached hydrogens (tertiary/aromatic N) is 2. The Bertz CT molecular complexity index is 796. The summed E-state index contributed by atoms with van der Waals surface area (Å²) in [6.07, 6.45) is 4.05. The number of amides is 1. The Balaban J connectivity index is 1.42. The summed E-state index contributed by atoms with van der Waals surface area (Å²) in [5.41, 5.74) is 7.73. The number of rotatable bonds is 7. The van der Waals surface area contributed by atoms with Crippen LogP contribution in [0.2, 0.25) is 0 Å². The maximum absolute atomic E-state index is 12.2. The number of carbonyl (C=O) groups excluding carboxylic acids is 1. The Hall–Kier alpha value is -2.02. The van der Waals surface area contributed by atoms with Crippen molar-refractivity contribution < 1.29 is 9.32 Å². The smallest absolute Gasteiger partial charge is 0.351 e. The fraction of sp³-hybridized carbons (Fsp3) is 0.500. The van der Waals surface area contributed by atoms with Crippen molar-refractivity contribution in [3.8, 4) is 11.4 Å². The summed E-state index contributed by atoms with van der Waals surface area (Å²) in [6, 6.07) is 6.88. The van der Waals surface area contributed by atoms with Crippen LogP contribution in [0.25, 0.3) is 11.4 Å². The van der Waals surface area contributed by atoms with Gasteiger partial charge in [-0.15, -0.1) is 0 Å². The predicted octanol–water partition coefficient (Wildman–Crippen LogP) is 1.26. The van der Waals surface area contributed by atoms with Gasteiger partial charge in [0.15, 0.2) is 5.82 Å². The molecule has 0 spiro atoms. The quantitative estimate of drug-likeness (QED) is 0.612. The van der Waals surface area contributed by atoms with Crippen LogP contribution in [0.1, 0.15) is 31.2 Å². The van der Waals surface area contributed by atoms with Crippen molar-refractivity contribution in [2.24, 2.45) is 11.7 Å². The summed E-state index contributed by atoms with van der Waals surface area (Å²) >= 11 is 0. The number of piperidine rings is 1. The molecule has 0 aliphatic carbocycles. The molecule has 1 saturated heterocycles. The van der Waals surface area contributed by atoms with Crippen molar-refractivity contribution in [3.05, 3.63) is 40.4 Å². The van der Waals surface area contributed by atoms with Gasteiger partial charge in [0.05, 0.1) is 6.04 Å². The minimum Gasteiger partial charge on any atom is -0.351 e. The number of benzene rings is 1. The van der Waals surface area contributed by atoms with E-state index in [1.165, 1.54) is 12.8 Å². The highest BCUT2D eigenvalue weighted by molar-refractivity contribution is 7.13. The summed E-state index contributed by atoms with van der Waals surface area (Å²) in [7, 11) is 2.75. The van der Waals surface area contributed by atoms with Gasteiger partial charge in [-0.3, -0.25) is 19.0 Å². The van der Waals surface area contributed by atoms with Gasteiger partial charge in [0.1, 0.15) is 0 Å². The first-order valence-electron chi connectivity index (χ1n) is 9.19. The van der Waals surface area contributed by atoms with Gasteiger partial charge in [-0.2, -0.15) is 0 Å². The van der Waals surface area contributed by atoms with Gasteiger partial charge < -0.3 is 11.1 Å². The van der Waals surface area contributed by atoms with E-state index in [1.807, 2.05) is 24.3 Å². The van der Waals surface area contributed by atoms with E-state index in [4.69, 9.17) is 5.73 Å². The van der Waals surface area contributed by atoms with Gasteiger partial charge >= 0.3 is 5.76 Å². The molecule has 2 atom stereocenters. The molecule has 1 amide bonds. The fourth-order valence-corrected chi connectivity index (χ4v) is 3.54. The van der Waals surface area contributed by atoms with Gasteiger partial charge in [0.25, 0.3) is 0 Å². The number of nitrogens with one attached hydrogen (secondary N) is 2. The number of aromatic amines is 1. The second kappa shape index (κ2) is 9.26. The van der Waals surface area contributed by atoms with E-state index < -0.39 is 11.8 Å². The van der Waals surface area contributed by atoms with Gasteiger partial charge in [-0.1, -0.05) is 38.8 Å². The van der Waals surface area contributed by atoms with Gasteiger partial charge in [0.2, 0.25) is 5.91 Å². The zero-order valence-corrected chi connectivity index (χ0v) is 16.3. The number of H-pyrrole nitrogens is 1. The van der Waals surface area contributed by atoms with Crippen molar-refractivity contribution in [2.75, 3.05) is 13.1 Å². The number of nitrogens with two attached hydrogens (primary N) is 1. The molecule has 1 aromatic heterocycles. The van der Waals surface area contributed by atoms with Crippen LogP contribution in [0.5, 0.6) is 0 Å². The topological polar surface area (TPSA) is 117 Å². The molecule has 8 nitrogen and oxygen atoms in total. The lowest BCUT2D eigenvalue weighted by Gasteiger charge is -2.29. The van der Waals surface area contributed by atoms with E-state index in [-0.39, 0.29) is 5.91 Å². The monoisotopic (exact) mass is 391 g/mol. The molecule has 27 heavy (non-hydrogen) atoms. The highest BCUT2D eigenvalue weighted by Gasteiger charge is 2.20. The zero-order chi connectivity index (χ0) is 19.2. The van der Waals surface area contributed by atoms with Crippen molar-refractivity contribution >= 4 is 15.3 Å². The largest absolute Gasteiger partial charge is 0.439 e. The zero-order valence-electron chi connectivity index (χ0n) is 15.2. The van der Waals surface area contributed by atoms with E-state index in [9.17, 15) is 9.59 Å². The molecular weight excluding hydrogens is 365 g/mol. The van der Waals surface area contributed by atoms with Crippen LogP contribution in [-0.2, 0) is 11.3 Å². The molecule has 0 saturated carbocycles. The molecule has 1 aromatic carbocycles. The van der Waals surface area contributed by atoms with Crippen molar-refractivity contribution in [1.29, 1.82) is 0 Å². The average molecular weight is 391 g/mol. The van der Waals surface area contributed by atoms with Crippen molar-refractivity contribution in [1.82, 2.24) is 20.1 Å². The van der Waals surface area contributed by atoms with E-state index >= 15 is 0 Å². The second-order valence-corrected chi connectivity index (χ2v) is 7.75. The first-order chi connectivity index (χ1) is 13.0. The molecule has 0 bridgehead atoms. The van der Waals surface area contributed by atoms with Crippen molar-refractivity contribution in [3.63, 3.8) is 0 Å². The molecule has 0 radical (unpaired) electrons. The summed E-state index contributed by atoms with van der Waals surface area (Å²) in [4.78, 5) is 25.7. The molecule has 146 valence electrons. The Morgan fingerprint density at radius 1 is 1.37 bits per heavy atom. The lowest BCUT2D eigenvalue weighted by molar-refractivity contribution is -0.122. The van der Waals surface area contributed by atoms with Crippen LogP contribution in [0, 0.1) is 5.92 Å². The van der Waals surface area contributed by atoms with Gasteiger partial charge in [-0.25, -0.2) is 4.79 Å². The lowest BCUT2D eigenvalue weighted by Crippen LogP contribution is -2.40. The fourth-order valence-electron chi connectivity index (χ4n) is 3.24. The van der Waals surface area contributed by atoms with Gasteiger partial charge in [-0.05, 0) is 37.2 Å². The normalized spacial score (nSPS) is 17.0. The van der Waals surface area contributed by atoms with E-state index in [0.717, 1.165) is 30.6 Å². The molecule has 1 unspecified atom stereocenters. The highest BCUT2D eigenvalue weighted by Crippen LogP contribution is 2.24. The standard InChI is InChI=1S/C18H26N5O3P/c19-15(6-3-12-7-9-23(27)10-8-12)17(24)20-11-13-1-4-14(5-2-13)16-21-18(25)26-22-16/h1-2,4-5,12,15H,3,6-11,19,27H2,(H,20,24)(H,21,22,25)/t15-/m0/s1. The third kappa shape index (κ3) is 5.73. The Morgan fingerprint density at radius 3 is 2.70 bits per heavy atom. The first-order valence-corrected chi connectivity index (χ1v) is 9.71. The number of hydrogen-bond donors (Lipinski definition) is 3. The number of aromatic nitrogens is 2. The maximum Gasteiger partial charge on any atom is 0.439 e. The molecule has 1 aliphatic heterocycles. The molecule has 1 aliphatic rings. The molecule has 1 fully saturated rings. The van der Waals surface area contributed by atoms with Crippen LogP contribution < -0.4 is 16.8 Å². The van der Waals surface area contributed by atoms with E-state index in [2.05, 4.69) is 34.0 Å². The number of hydrogen-bond acceptors (Lipinski definition) is 6. The van der Waals surface area contributed by atoms with Crippen LogP contribution in [0.15, 0.2) is 33.6 Å². The minimum absolute atomic E-state index is 0.122. The SMILES string of the molecule is N[C@@H](CCC1CCN(P)CC1)C(=O)NCc1ccc(-c2noc(=O)[nH]2)cc1. The van der Waals surface area contributed by atoms with E-state index in [0.29, 0.717) is 24.7 Å². The molecule has 9 heteroatoms. The first kappa shape index (κ1) is 19.7.